The van der Waals surface area contributed by atoms with Crippen LogP contribution in [0.1, 0.15) is 23.6 Å². The number of carboxylic acids is 1. The molecule has 0 aliphatic carbocycles. The van der Waals surface area contributed by atoms with Gasteiger partial charge in [-0.1, -0.05) is 55.1 Å². The topological polar surface area (TPSA) is 74.5 Å². The highest BCUT2D eigenvalue weighted by atomic mass is 31.0. The number of carboxylic acid groups (broad SMARTS) is 1. The first-order chi connectivity index (χ1) is 16.4. The van der Waals surface area contributed by atoms with Crippen molar-refractivity contribution in [1.82, 2.24) is 5.01 Å². The molecule has 0 bridgehead atoms. The van der Waals surface area contributed by atoms with Crippen LogP contribution in [-0.2, 0) is 11.4 Å². The van der Waals surface area contributed by atoms with Crippen LogP contribution in [0.2, 0.25) is 0 Å². The van der Waals surface area contributed by atoms with Gasteiger partial charge in [0.1, 0.15) is 23.9 Å². The number of benzene rings is 3. The third kappa shape index (κ3) is 5.48. The zero-order valence-electron chi connectivity index (χ0n) is 18.7. The number of ether oxygens (including phenoxy) is 1. The minimum absolute atomic E-state index is 0.0624. The van der Waals surface area contributed by atoms with Crippen LogP contribution in [0.5, 0.6) is 5.75 Å². The molecule has 170 valence electrons. The molecule has 7 heteroatoms. The van der Waals surface area contributed by atoms with Gasteiger partial charge < -0.3 is 9.84 Å². The van der Waals surface area contributed by atoms with Crippen LogP contribution < -0.4 is 10.0 Å². The second-order valence-electron chi connectivity index (χ2n) is 7.67. The molecule has 1 aliphatic heterocycles. The number of nitrogens with zero attached hydrogens (tertiary/aromatic N) is 3. The first-order valence-corrected chi connectivity index (χ1v) is 11.2. The highest BCUT2D eigenvalue weighted by Gasteiger charge is 2.22. The zero-order valence-corrected chi connectivity index (χ0v) is 19.8. The zero-order chi connectivity index (χ0) is 24.1. The monoisotopic (exact) mass is 469 g/mol. The van der Waals surface area contributed by atoms with E-state index in [2.05, 4.69) is 25.9 Å². The lowest BCUT2D eigenvalue weighted by molar-refractivity contribution is -0.129. The quantitative estimate of drug-likeness (QED) is 0.397. The van der Waals surface area contributed by atoms with Gasteiger partial charge in [-0.25, -0.2) is 14.8 Å². The van der Waals surface area contributed by atoms with Crippen LogP contribution in [-0.4, -0.2) is 27.5 Å². The Kier molecular flexibility index (Phi) is 7.00. The highest BCUT2D eigenvalue weighted by molar-refractivity contribution is 7.27. The Labute approximate surface area is 200 Å². The van der Waals surface area contributed by atoms with Crippen molar-refractivity contribution in [2.45, 2.75) is 13.5 Å². The van der Waals surface area contributed by atoms with Crippen molar-refractivity contribution in [3.8, 4) is 5.75 Å². The Morgan fingerprint density at radius 2 is 1.79 bits per heavy atom. The van der Waals surface area contributed by atoms with E-state index in [0.717, 1.165) is 27.7 Å². The predicted molar refractivity (Wildman–Crippen MR) is 139 cm³/mol. The van der Waals surface area contributed by atoms with Crippen LogP contribution in [0, 0.1) is 0 Å². The number of allylic oxidation sites excluding steroid dienone is 1. The van der Waals surface area contributed by atoms with Crippen molar-refractivity contribution < 1.29 is 14.6 Å². The van der Waals surface area contributed by atoms with Gasteiger partial charge in [0.2, 0.25) is 0 Å². The molecule has 0 amide bonds. The summed E-state index contributed by atoms with van der Waals surface area (Å²) in [7, 11) is 2.67. The van der Waals surface area contributed by atoms with E-state index in [1.54, 1.807) is 0 Å². The van der Waals surface area contributed by atoms with Crippen LogP contribution >= 0.6 is 9.24 Å². The average molecular weight is 469 g/mol. The van der Waals surface area contributed by atoms with Crippen molar-refractivity contribution in [2.24, 2.45) is 10.1 Å². The molecule has 1 unspecified atom stereocenters. The van der Waals surface area contributed by atoms with Gasteiger partial charge in [-0.3, -0.25) is 0 Å². The summed E-state index contributed by atoms with van der Waals surface area (Å²) in [5, 5.41) is 16.0. The number of rotatable bonds is 7. The summed E-state index contributed by atoms with van der Waals surface area (Å²) in [6.45, 7) is 5.96. The summed E-state index contributed by atoms with van der Waals surface area (Å²) in [5.41, 5.74) is 4.16. The van der Waals surface area contributed by atoms with Crippen molar-refractivity contribution in [3.05, 3.63) is 114 Å². The SMILES string of the molecule is C=C1N=C(c2ccc(OCc3ccccc3)cc2)C=C(c2cccc(P)c2)N1/N=C(\C)C(=O)O. The fraction of sp³-hybridized carbons (Fsp3) is 0.0741. The number of hydrogen-bond donors (Lipinski definition) is 1. The van der Waals surface area contributed by atoms with Gasteiger partial charge in [0.15, 0.2) is 0 Å². The van der Waals surface area contributed by atoms with Crippen molar-refractivity contribution >= 4 is 37.6 Å². The fourth-order valence-corrected chi connectivity index (χ4v) is 3.66. The first-order valence-electron chi connectivity index (χ1n) is 10.6. The summed E-state index contributed by atoms with van der Waals surface area (Å²) in [6.07, 6.45) is 1.88. The molecule has 1 aliphatic rings. The largest absolute Gasteiger partial charge is 0.489 e. The van der Waals surface area contributed by atoms with Crippen molar-refractivity contribution in [1.29, 1.82) is 0 Å². The number of hydrazone groups is 1. The maximum Gasteiger partial charge on any atom is 0.351 e. The fourth-order valence-electron chi connectivity index (χ4n) is 3.37. The van der Waals surface area contributed by atoms with Crippen molar-refractivity contribution in [2.75, 3.05) is 0 Å². The smallest absolute Gasteiger partial charge is 0.351 e. The molecule has 0 aromatic heterocycles. The Bertz CT molecular complexity index is 1310. The van der Waals surface area contributed by atoms with Gasteiger partial charge in [0.05, 0.1) is 11.4 Å². The van der Waals surface area contributed by atoms with E-state index < -0.39 is 5.97 Å². The molecule has 34 heavy (non-hydrogen) atoms. The molecule has 0 saturated carbocycles. The number of aliphatic carboxylic acids is 1. The minimum Gasteiger partial charge on any atom is -0.489 e. The summed E-state index contributed by atoms with van der Waals surface area (Å²) in [4.78, 5) is 16.0. The van der Waals surface area contributed by atoms with E-state index in [9.17, 15) is 9.90 Å². The molecule has 1 N–H and O–H groups in total. The van der Waals surface area contributed by atoms with E-state index in [1.807, 2.05) is 84.9 Å². The molecule has 1 heterocycles. The molecular formula is C27H24N3O3P. The van der Waals surface area contributed by atoms with Gasteiger partial charge in [0.25, 0.3) is 0 Å². The molecule has 0 saturated heterocycles. The summed E-state index contributed by atoms with van der Waals surface area (Å²) >= 11 is 0. The molecule has 3 aromatic carbocycles. The second kappa shape index (κ2) is 10.3. The maximum absolute atomic E-state index is 11.4. The van der Waals surface area contributed by atoms with Gasteiger partial charge >= 0.3 is 5.97 Å². The summed E-state index contributed by atoms with van der Waals surface area (Å²) in [6, 6.07) is 25.5. The van der Waals surface area contributed by atoms with E-state index in [0.29, 0.717) is 23.8 Å². The van der Waals surface area contributed by atoms with Gasteiger partial charge in [-0.15, -0.1) is 9.24 Å². The van der Waals surface area contributed by atoms with Crippen LogP contribution in [0.25, 0.3) is 5.70 Å². The lowest BCUT2D eigenvalue weighted by Crippen LogP contribution is -2.24. The molecule has 0 fully saturated rings. The standard InChI is InChI=1S/C27H24N3O3P/c1-18(27(31)32)29-30-19(2)28-25(16-26(30)22-9-6-10-24(34)15-22)21-11-13-23(14-12-21)33-17-20-7-4-3-5-8-20/h3-16H,2,17,34H2,1H3,(H,31,32)/b29-18+. The van der Waals surface area contributed by atoms with E-state index in [4.69, 9.17) is 4.74 Å². The predicted octanol–water partition coefficient (Wildman–Crippen LogP) is 4.84. The molecule has 4 rings (SSSR count). The van der Waals surface area contributed by atoms with Crippen LogP contribution in [0.3, 0.4) is 0 Å². The highest BCUT2D eigenvalue weighted by Crippen LogP contribution is 2.30. The van der Waals surface area contributed by atoms with E-state index in [-0.39, 0.29) is 5.71 Å². The lowest BCUT2D eigenvalue weighted by Gasteiger charge is -2.27. The molecule has 1 atom stereocenters. The van der Waals surface area contributed by atoms with Gasteiger partial charge in [0, 0.05) is 11.1 Å². The van der Waals surface area contributed by atoms with Gasteiger partial charge in [-0.05, 0) is 54.2 Å². The van der Waals surface area contributed by atoms with Crippen molar-refractivity contribution in [3.63, 3.8) is 0 Å². The Hall–Kier alpha value is -4.02. The third-order valence-electron chi connectivity index (χ3n) is 5.14. The third-order valence-corrected chi connectivity index (χ3v) is 5.50. The summed E-state index contributed by atoms with van der Waals surface area (Å²) in [5.74, 6) is -0.0226. The molecule has 0 spiro atoms. The molecular weight excluding hydrogens is 445 g/mol. The second-order valence-corrected chi connectivity index (χ2v) is 8.34. The Morgan fingerprint density at radius 1 is 1.06 bits per heavy atom. The molecule has 6 nitrogen and oxygen atoms in total. The first kappa shape index (κ1) is 23.1. The van der Waals surface area contributed by atoms with E-state index in [1.165, 1.54) is 11.9 Å². The van der Waals surface area contributed by atoms with Crippen LogP contribution in [0.4, 0.5) is 0 Å². The average Bonchev–Trinajstić information content (AvgIpc) is 2.84. The Balaban J connectivity index is 1.63. The van der Waals surface area contributed by atoms with E-state index >= 15 is 0 Å². The van der Waals surface area contributed by atoms with Crippen LogP contribution in [0.15, 0.2) is 107 Å². The number of aliphatic imine (C=N–C) groups is 1. The minimum atomic E-state index is -1.10. The molecule has 3 aromatic rings. The number of carbonyl (C=O) groups is 1. The van der Waals surface area contributed by atoms with Gasteiger partial charge in [-0.2, -0.15) is 5.10 Å². The summed E-state index contributed by atoms with van der Waals surface area (Å²) < 4.78 is 5.89. The lowest BCUT2D eigenvalue weighted by atomic mass is 10.0. The maximum atomic E-state index is 11.4. The normalized spacial score (nSPS) is 13.9. The Morgan fingerprint density at radius 3 is 2.47 bits per heavy atom. The number of hydrogen-bond acceptors (Lipinski definition) is 5. The molecule has 0 radical (unpaired) electrons.